The van der Waals surface area contributed by atoms with Gasteiger partial charge >= 0.3 is 0 Å². The first-order valence-electron chi connectivity index (χ1n) is 11.3. The van der Waals surface area contributed by atoms with Crippen LogP contribution in [0.15, 0.2) is 53.6 Å². The Kier molecular flexibility index (Phi) is 5.75. The second-order valence-electron chi connectivity index (χ2n) is 8.78. The van der Waals surface area contributed by atoms with Gasteiger partial charge in [0, 0.05) is 24.8 Å². The summed E-state index contributed by atoms with van der Waals surface area (Å²) in [5, 5.41) is 13.3. The lowest BCUT2D eigenvalue weighted by Crippen LogP contribution is -2.35. The minimum atomic E-state index is -0.361. The molecule has 0 spiro atoms. The molecule has 1 saturated heterocycles. The van der Waals surface area contributed by atoms with E-state index in [1.54, 1.807) is 24.4 Å². The topological polar surface area (TPSA) is 94.1 Å². The van der Waals surface area contributed by atoms with E-state index in [9.17, 15) is 14.3 Å². The van der Waals surface area contributed by atoms with Gasteiger partial charge < -0.3 is 20.3 Å². The van der Waals surface area contributed by atoms with Gasteiger partial charge in [-0.1, -0.05) is 0 Å². The number of benzene rings is 1. The third kappa shape index (κ3) is 4.24. The number of rotatable bonds is 4. The Bertz CT molecular complexity index is 1410. The molecule has 0 unspecified atom stereocenters. The number of halogens is 1. The van der Waals surface area contributed by atoms with Crippen LogP contribution in [0.4, 0.5) is 21.6 Å². The summed E-state index contributed by atoms with van der Waals surface area (Å²) in [6.45, 7) is 5.36. The lowest BCUT2D eigenvalue weighted by Gasteiger charge is -2.31. The largest absolute Gasteiger partial charge is 0.393 e. The smallest absolute Gasteiger partial charge is 0.259 e. The van der Waals surface area contributed by atoms with E-state index in [4.69, 9.17) is 0 Å². The van der Waals surface area contributed by atoms with E-state index in [-0.39, 0.29) is 17.5 Å². The van der Waals surface area contributed by atoms with E-state index in [1.165, 1.54) is 12.3 Å². The molecule has 3 N–H and O–H groups in total. The van der Waals surface area contributed by atoms with E-state index < -0.39 is 0 Å². The average Bonchev–Trinajstić information content (AvgIpc) is 2.82. The Morgan fingerprint density at radius 1 is 1.12 bits per heavy atom. The van der Waals surface area contributed by atoms with Gasteiger partial charge in [0.05, 0.1) is 40.3 Å². The number of aromatic amines is 1. The lowest BCUT2D eigenvalue weighted by atomic mass is 10.0. The van der Waals surface area contributed by atoms with E-state index in [1.807, 2.05) is 26.0 Å². The zero-order valence-electron chi connectivity index (χ0n) is 19.1. The molecule has 0 saturated carbocycles. The predicted molar refractivity (Wildman–Crippen MR) is 132 cm³/mol. The maximum Gasteiger partial charge on any atom is 0.259 e. The van der Waals surface area contributed by atoms with Crippen LogP contribution in [0.1, 0.15) is 24.0 Å². The molecular weight excluding hydrogens is 433 g/mol. The molecule has 1 fully saturated rings. The molecule has 0 radical (unpaired) electrons. The maximum absolute atomic E-state index is 14.8. The quantitative estimate of drug-likeness (QED) is 0.418. The van der Waals surface area contributed by atoms with Crippen LogP contribution in [0, 0.1) is 19.7 Å². The molecule has 0 bridgehead atoms. The second-order valence-corrected chi connectivity index (χ2v) is 8.78. The van der Waals surface area contributed by atoms with Gasteiger partial charge in [0.25, 0.3) is 5.56 Å². The number of piperidine rings is 1. The van der Waals surface area contributed by atoms with Gasteiger partial charge in [0.15, 0.2) is 0 Å². The SMILES string of the molecule is Cc1cc(F)c(-c2cc(Nc3ccc(N4CCC(O)CC4)cn3)c3c(=O)[nH]ccc3n2)cc1C. The van der Waals surface area contributed by atoms with Crippen LogP contribution in [0.25, 0.3) is 22.2 Å². The first-order valence-corrected chi connectivity index (χ1v) is 11.3. The number of anilines is 3. The molecule has 4 aromatic rings. The van der Waals surface area contributed by atoms with Crippen molar-refractivity contribution in [3.05, 3.63) is 76.1 Å². The summed E-state index contributed by atoms with van der Waals surface area (Å²) in [6, 6.07) is 10.5. The number of nitrogens with zero attached hydrogens (tertiary/aromatic N) is 3. The van der Waals surface area contributed by atoms with Crippen molar-refractivity contribution < 1.29 is 9.50 Å². The Labute approximate surface area is 196 Å². The van der Waals surface area contributed by atoms with Crippen LogP contribution < -0.4 is 15.8 Å². The first-order chi connectivity index (χ1) is 16.4. The third-order valence-electron chi connectivity index (χ3n) is 6.43. The minimum Gasteiger partial charge on any atom is -0.393 e. The summed E-state index contributed by atoms with van der Waals surface area (Å²) < 4.78 is 14.8. The highest BCUT2D eigenvalue weighted by Crippen LogP contribution is 2.31. The predicted octanol–water partition coefficient (Wildman–Crippen LogP) is 4.45. The van der Waals surface area contributed by atoms with Crippen LogP contribution in [0.3, 0.4) is 0 Å². The van der Waals surface area contributed by atoms with Crippen LogP contribution in [-0.4, -0.2) is 39.3 Å². The number of hydrogen-bond acceptors (Lipinski definition) is 6. The zero-order valence-corrected chi connectivity index (χ0v) is 19.1. The second kappa shape index (κ2) is 8.87. The van der Waals surface area contributed by atoms with E-state index in [0.29, 0.717) is 33.7 Å². The van der Waals surface area contributed by atoms with Crippen molar-refractivity contribution in [1.29, 1.82) is 0 Å². The van der Waals surface area contributed by atoms with Crippen molar-refractivity contribution in [3.63, 3.8) is 0 Å². The molecule has 34 heavy (non-hydrogen) atoms. The fourth-order valence-electron chi connectivity index (χ4n) is 4.32. The molecule has 8 heteroatoms. The number of hydrogen-bond donors (Lipinski definition) is 3. The average molecular weight is 460 g/mol. The van der Waals surface area contributed by atoms with Gasteiger partial charge in [-0.15, -0.1) is 0 Å². The van der Waals surface area contributed by atoms with Crippen molar-refractivity contribution in [1.82, 2.24) is 15.0 Å². The number of aliphatic hydroxyl groups excluding tert-OH is 1. The number of nitrogens with one attached hydrogen (secondary N) is 2. The van der Waals surface area contributed by atoms with Gasteiger partial charge in [-0.05, 0) is 74.2 Å². The molecule has 3 aromatic heterocycles. The van der Waals surface area contributed by atoms with Crippen LogP contribution in [0.2, 0.25) is 0 Å². The fraction of sp³-hybridized carbons (Fsp3) is 0.269. The molecule has 1 aliphatic heterocycles. The van der Waals surface area contributed by atoms with Gasteiger partial charge in [-0.2, -0.15) is 0 Å². The van der Waals surface area contributed by atoms with Crippen LogP contribution in [-0.2, 0) is 0 Å². The number of fused-ring (bicyclic) bond motifs is 1. The van der Waals surface area contributed by atoms with Gasteiger partial charge in [-0.3, -0.25) is 4.79 Å². The van der Waals surface area contributed by atoms with Crippen molar-refractivity contribution in [2.75, 3.05) is 23.3 Å². The Hall–Kier alpha value is -3.78. The fourth-order valence-corrected chi connectivity index (χ4v) is 4.32. The Morgan fingerprint density at radius 2 is 1.88 bits per heavy atom. The van der Waals surface area contributed by atoms with Crippen LogP contribution >= 0.6 is 0 Å². The number of aryl methyl sites for hydroxylation is 2. The Morgan fingerprint density at radius 3 is 2.62 bits per heavy atom. The highest BCUT2D eigenvalue weighted by molar-refractivity contribution is 5.94. The number of pyridine rings is 3. The molecule has 5 rings (SSSR count). The van der Waals surface area contributed by atoms with E-state index in [2.05, 4.69) is 25.2 Å². The summed E-state index contributed by atoms with van der Waals surface area (Å²) in [4.78, 5) is 26.6. The summed E-state index contributed by atoms with van der Waals surface area (Å²) in [5.41, 5.74) is 4.29. The molecule has 0 atom stereocenters. The molecule has 4 heterocycles. The summed E-state index contributed by atoms with van der Waals surface area (Å²) in [7, 11) is 0. The van der Waals surface area contributed by atoms with Crippen molar-refractivity contribution in [2.24, 2.45) is 0 Å². The van der Waals surface area contributed by atoms with Crippen LogP contribution in [0.5, 0.6) is 0 Å². The Balaban J connectivity index is 1.53. The summed E-state index contributed by atoms with van der Waals surface area (Å²) in [5.74, 6) is 0.197. The first kappa shape index (κ1) is 22.0. The van der Waals surface area contributed by atoms with Gasteiger partial charge in [0.1, 0.15) is 11.6 Å². The number of aliphatic hydroxyl groups is 1. The van der Waals surface area contributed by atoms with Gasteiger partial charge in [0.2, 0.25) is 0 Å². The minimum absolute atomic E-state index is 0.237. The standard InChI is InChI=1S/C26H26FN5O2/c1-15-11-19(20(27)12-16(15)2)22-13-23(25-21(30-22)5-8-28-26(25)34)31-24-4-3-17(14-29-24)32-9-6-18(33)7-10-32/h3-5,8,11-14,18,33H,6-7,9-10H2,1-2H3,(H,28,34)(H,29,30,31). The highest BCUT2D eigenvalue weighted by atomic mass is 19.1. The van der Waals surface area contributed by atoms with Crippen molar-refractivity contribution >= 4 is 28.1 Å². The molecule has 0 amide bonds. The molecule has 174 valence electrons. The summed E-state index contributed by atoms with van der Waals surface area (Å²) in [6.07, 6.45) is 4.55. The normalized spacial score (nSPS) is 14.5. The maximum atomic E-state index is 14.8. The van der Waals surface area contributed by atoms with Crippen molar-refractivity contribution in [3.8, 4) is 11.3 Å². The third-order valence-corrected chi connectivity index (χ3v) is 6.43. The monoisotopic (exact) mass is 459 g/mol. The van der Waals surface area contributed by atoms with Crippen molar-refractivity contribution in [2.45, 2.75) is 32.8 Å². The van der Waals surface area contributed by atoms with E-state index >= 15 is 0 Å². The molecular formula is C26H26FN5O2. The lowest BCUT2D eigenvalue weighted by molar-refractivity contribution is 0.145. The number of aromatic nitrogens is 3. The van der Waals surface area contributed by atoms with E-state index in [0.717, 1.165) is 42.7 Å². The summed E-state index contributed by atoms with van der Waals surface area (Å²) >= 11 is 0. The molecule has 1 aromatic carbocycles. The zero-order chi connectivity index (χ0) is 23.8. The number of H-pyrrole nitrogens is 1. The molecule has 1 aliphatic rings. The van der Waals surface area contributed by atoms with Gasteiger partial charge in [-0.25, -0.2) is 14.4 Å². The molecule has 7 nitrogen and oxygen atoms in total. The molecule has 0 aliphatic carbocycles. The highest BCUT2D eigenvalue weighted by Gasteiger charge is 2.18.